The van der Waals surface area contributed by atoms with Crippen molar-refractivity contribution < 1.29 is 19.0 Å². The van der Waals surface area contributed by atoms with E-state index in [9.17, 15) is 4.79 Å². The molecule has 3 rings (SSSR count). The van der Waals surface area contributed by atoms with Crippen LogP contribution in [0.5, 0.6) is 17.2 Å². The Labute approximate surface area is 215 Å². The van der Waals surface area contributed by atoms with Crippen LogP contribution in [0.4, 0.5) is 5.82 Å². The van der Waals surface area contributed by atoms with Crippen molar-refractivity contribution in [1.29, 1.82) is 0 Å². The smallest absolute Gasteiger partial charge is 0.244 e. The van der Waals surface area contributed by atoms with E-state index in [1.165, 1.54) is 6.08 Å². The lowest BCUT2D eigenvalue weighted by molar-refractivity contribution is -0.116. The summed E-state index contributed by atoms with van der Waals surface area (Å²) in [6.45, 7) is 5.94. The lowest BCUT2D eigenvalue weighted by atomic mass is 10.1. The van der Waals surface area contributed by atoms with Gasteiger partial charge in [0.15, 0.2) is 22.3 Å². The molecule has 0 radical (unpaired) electrons. The fourth-order valence-corrected chi connectivity index (χ4v) is 4.14. The number of benzene rings is 1. The standard InChI is InChI=1S/C25H34N6O4S/c1-6-10-27-23-18-16-28-31(24(18)30-25(29-23)36-13-7-2)12-11-26-21(32)9-8-17-14-19(33-3)22(35-5)20(15-17)34-4/h8-9,14-16H,6-7,10-13H2,1-5H3,(H,26,32)(H,27,29,30)/b9-8-. The molecule has 36 heavy (non-hydrogen) atoms. The molecule has 194 valence electrons. The number of amides is 1. The van der Waals surface area contributed by atoms with Crippen LogP contribution in [0, 0.1) is 0 Å². The van der Waals surface area contributed by atoms with Crippen LogP contribution in [0.1, 0.15) is 32.3 Å². The van der Waals surface area contributed by atoms with Gasteiger partial charge in [-0.15, -0.1) is 0 Å². The molecule has 2 aromatic heterocycles. The van der Waals surface area contributed by atoms with Gasteiger partial charge in [0.25, 0.3) is 0 Å². The highest BCUT2D eigenvalue weighted by Crippen LogP contribution is 2.38. The van der Waals surface area contributed by atoms with Gasteiger partial charge < -0.3 is 24.8 Å². The van der Waals surface area contributed by atoms with E-state index in [1.54, 1.807) is 62.2 Å². The number of ether oxygens (including phenoxy) is 3. The first-order chi connectivity index (χ1) is 17.5. The van der Waals surface area contributed by atoms with E-state index < -0.39 is 0 Å². The minimum atomic E-state index is -0.223. The summed E-state index contributed by atoms with van der Waals surface area (Å²) in [4.78, 5) is 21.8. The number of nitrogens with one attached hydrogen (secondary N) is 2. The van der Waals surface area contributed by atoms with Crippen LogP contribution in [0.15, 0.2) is 29.6 Å². The van der Waals surface area contributed by atoms with E-state index in [-0.39, 0.29) is 5.91 Å². The maximum Gasteiger partial charge on any atom is 0.244 e. The Morgan fingerprint density at radius 1 is 1.06 bits per heavy atom. The highest BCUT2D eigenvalue weighted by Gasteiger charge is 2.14. The van der Waals surface area contributed by atoms with Gasteiger partial charge in [-0.3, -0.25) is 4.79 Å². The van der Waals surface area contributed by atoms with Crippen molar-refractivity contribution in [3.63, 3.8) is 0 Å². The van der Waals surface area contributed by atoms with E-state index in [0.29, 0.717) is 30.3 Å². The number of carbonyl (C=O) groups is 1. The summed E-state index contributed by atoms with van der Waals surface area (Å²) in [6, 6.07) is 3.55. The first-order valence-electron chi connectivity index (χ1n) is 11.9. The SMILES string of the molecule is CCCNc1nc(SCCC)nc2c1cnn2CCNC(=O)/C=C\c1cc(OC)c(OC)c(OC)c1. The summed E-state index contributed by atoms with van der Waals surface area (Å²) < 4.78 is 17.9. The molecule has 0 atom stereocenters. The summed E-state index contributed by atoms with van der Waals surface area (Å²) in [5.41, 5.74) is 1.50. The molecule has 0 aliphatic carbocycles. The maximum absolute atomic E-state index is 12.4. The fraction of sp³-hybridized carbons (Fsp3) is 0.440. The quantitative estimate of drug-likeness (QED) is 0.187. The number of nitrogens with zero attached hydrogens (tertiary/aromatic N) is 4. The Hall–Kier alpha value is -3.47. The van der Waals surface area contributed by atoms with Gasteiger partial charge in [-0.25, -0.2) is 14.6 Å². The molecule has 0 saturated heterocycles. The molecule has 0 aliphatic rings. The van der Waals surface area contributed by atoms with Gasteiger partial charge in [0, 0.05) is 24.9 Å². The number of hydrogen-bond donors (Lipinski definition) is 2. The molecular formula is C25H34N6O4S. The van der Waals surface area contributed by atoms with Crippen molar-refractivity contribution in [3.8, 4) is 17.2 Å². The molecule has 0 bridgehead atoms. The molecule has 1 aromatic carbocycles. The third-order valence-electron chi connectivity index (χ3n) is 5.19. The van der Waals surface area contributed by atoms with Crippen LogP contribution in [-0.4, -0.2) is 65.8 Å². The predicted molar refractivity (Wildman–Crippen MR) is 143 cm³/mol. The zero-order chi connectivity index (χ0) is 25.9. The summed E-state index contributed by atoms with van der Waals surface area (Å²) in [7, 11) is 4.65. The molecule has 0 saturated carbocycles. The molecule has 10 nitrogen and oxygen atoms in total. The first kappa shape index (κ1) is 27.1. The molecule has 0 spiro atoms. The van der Waals surface area contributed by atoms with Crippen molar-refractivity contribution >= 4 is 40.6 Å². The topological polar surface area (TPSA) is 112 Å². The van der Waals surface area contributed by atoms with Gasteiger partial charge in [-0.1, -0.05) is 25.6 Å². The third kappa shape index (κ3) is 6.81. The van der Waals surface area contributed by atoms with Crippen molar-refractivity contribution in [1.82, 2.24) is 25.1 Å². The lowest BCUT2D eigenvalue weighted by Crippen LogP contribution is -2.25. The number of thioether (sulfide) groups is 1. The van der Waals surface area contributed by atoms with E-state index in [4.69, 9.17) is 19.2 Å². The maximum atomic E-state index is 12.4. The van der Waals surface area contributed by atoms with Crippen molar-refractivity contribution in [2.24, 2.45) is 0 Å². The van der Waals surface area contributed by atoms with Crippen LogP contribution in [0.25, 0.3) is 17.1 Å². The average molecular weight is 515 g/mol. The predicted octanol–water partition coefficient (Wildman–Crippen LogP) is 4.01. The number of methoxy groups -OCH3 is 3. The Balaban J connectivity index is 1.67. The summed E-state index contributed by atoms with van der Waals surface area (Å²) >= 11 is 1.63. The van der Waals surface area contributed by atoms with E-state index in [0.717, 1.165) is 52.7 Å². The number of fused-ring (bicyclic) bond motifs is 1. The van der Waals surface area contributed by atoms with Gasteiger partial charge in [0.2, 0.25) is 11.7 Å². The number of aromatic nitrogens is 4. The molecule has 1 amide bonds. The minimum Gasteiger partial charge on any atom is -0.493 e. The second-order valence-corrected chi connectivity index (χ2v) is 8.88. The third-order valence-corrected chi connectivity index (χ3v) is 6.24. The number of hydrogen-bond acceptors (Lipinski definition) is 9. The first-order valence-corrected chi connectivity index (χ1v) is 12.9. The van der Waals surface area contributed by atoms with E-state index >= 15 is 0 Å². The van der Waals surface area contributed by atoms with Gasteiger partial charge in [-0.05, 0) is 36.6 Å². The summed E-state index contributed by atoms with van der Waals surface area (Å²) in [5, 5.41) is 12.4. The number of rotatable bonds is 14. The largest absolute Gasteiger partial charge is 0.493 e. The van der Waals surface area contributed by atoms with Crippen molar-refractivity contribution in [2.45, 2.75) is 38.4 Å². The van der Waals surface area contributed by atoms with E-state index in [1.807, 2.05) is 0 Å². The molecule has 11 heteroatoms. The molecular weight excluding hydrogens is 480 g/mol. The number of carbonyl (C=O) groups excluding carboxylic acids is 1. The molecule has 0 fully saturated rings. The second-order valence-electron chi connectivity index (χ2n) is 7.82. The molecule has 3 aromatic rings. The van der Waals surface area contributed by atoms with Gasteiger partial charge in [0.05, 0.1) is 39.5 Å². The van der Waals surface area contributed by atoms with Gasteiger partial charge in [-0.2, -0.15) is 5.10 Å². The van der Waals surface area contributed by atoms with Gasteiger partial charge in [0.1, 0.15) is 5.82 Å². The van der Waals surface area contributed by atoms with Crippen LogP contribution in [-0.2, 0) is 11.3 Å². The summed E-state index contributed by atoms with van der Waals surface area (Å²) in [5.74, 6) is 3.06. The Morgan fingerprint density at radius 2 is 1.81 bits per heavy atom. The Kier molecular flexibility index (Phi) is 10.2. The van der Waals surface area contributed by atoms with Gasteiger partial charge >= 0.3 is 0 Å². The summed E-state index contributed by atoms with van der Waals surface area (Å²) in [6.07, 6.45) is 6.97. The number of anilines is 1. The minimum absolute atomic E-state index is 0.223. The average Bonchev–Trinajstić information content (AvgIpc) is 3.31. The molecule has 2 N–H and O–H groups in total. The van der Waals surface area contributed by atoms with Crippen LogP contribution in [0.2, 0.25) is 0 Å². The molecule has 0 unspecified atom stereocenters. The van der Waals surface area contributed by atoms with Crippen molar-refractivity contribution in [2.75, 3.05) is 45.5 Å². The second kappa shape index (κ2) is 13.6. The van der Waals surface area contributed by atoms with Crippen LogP contribution >= 0.6 is 11.8 Å². The van der Waals surface area contributed by atoms with E-state index in [2.05, 4.69) is 34.6 Å². The molecule has 0 aliphatic heterocycles. The normalized spacial score (nSPS) is 11.1. The monoisotopic (exact) mass is 514 g/mol. The van der Waals surface area contributed by atoms with Crippen molar-refractivity contribution in [3.05, 3.63) is 30.0 Å². The fourth-order valence-electron chi connectivity index (χ4n) is 3.45. The highest BCUT2D eigenvalue weighted by atomic mass is 32.2. The highest BCUT2D eigenvalue weighted by molar-refractivity contribution is 7.99. The van der Waals surface area contributed by atoms with Crippen LogP contribution in [0.3, 0.4) is 0 Å². The molecule has 2 heterocycles. The lowest BCUT2D eigenvalue weighted by Gasteiger charge is -2.12. The van der Waals surface area contributed by atoms with Crippen LogP contribution < -0.4 is 24.8 Å². The Bertz CT molecular complexity index is 1170. The zero-order valence-corrected chi connectivity index (χ0v) is 22.3. The Morgan fingerprint density at radius 3 is 2.44 bits per heavy atom. The zero-order valence-electron chi connectivity index (χ0n) is 21.5.